The number of amides is 1. The number of hydrogen-bond acceptors (Lipinski definition) is 2. The number of aliphatic hydroxyl groups is 1. The Morgan fingerprint density at radius 3 is 2.36 bits per heavy atom. The summed E-state index contributed by atoms with van der Waals surface area (Å²) < 4.78 is 13.5. The minimum Gasteiger partial charge on any atom is -0.386 e. The summed E-state index contributed by atoms with van der Waals surface area (Å²) in [5.74, 6) is -0.365. The van der Waals surface area contributed by atoms with Gasteiger partial charge < -0.3 is 10.4 Å². The molecule has 0 aliphatic rings. The average molecular weight is 301 g/mol. The molecule has 0 fully saturated rings. The van der Waals surface area contributed by atoms with Gasteiger partial charge in [-0.1, -0.05) is 44.2 Å². The van der Waals surface area contributed by atoms with Gasteiger partial charge in [0.05, 0.1) is 6.10 Å². The average Bonchev–Trinajstić information content (AvgIpc) is 2.52. The summed E-state index contributed by atoms with van der Waals surface area (Å²) in [7, 11) is 0. The van der Waals surface area contributed by atoms with E-state index in [2.05, 4.69) is 19.2 Å². The zero-order chi connectivity index (χ0) is 16.1. The number of carbonyl (C=O) groups excluding carboxylic acids is 1. The maximum absolute atomic E-state index is 13.5. The maximum Gasteiger partial charge on any atom is 0.251 e. The van der Waals surface area contributed by atoms with Gasteiger partial charge in [0.25, 0.3) is 5.91 Å². The number of aliphatic hydroxyl groups excluding tert-OH is 1. The van der Waals surface area contributed by atoms with Crippen molar-refractivity contribution in [2.45, 2.75) is 25.9 Å². The first-order valence-corrected chi connectivity index (χ1v) is 7.29. The van der Waals surface area contributed by atoms with Crippen LogP contribution in [0.1, 0.15) is 47.4 Å². The molecule has 116 valence electrons. The summed E-state index contributed by atoms with van der Waals surface area (Å²) in [6, 6.07) is 13.3. The molecule has 1 unspecified atom stereocenters. The van der Waals surface area contributed by atoms with Crippen molar-refractivity contribution in [3.63, 3.8) is 0 Å². The topological polar surface area (TPSA) is 49.3 Å². The van der Waals surface area contributed by atoms with Crippen molar-refractivity contribution in [1.29, 1.82) is 0 Å². The quantitative estimate of drug-likeness (QED) is 0.889. The molecule has 22 heavy (non-hydrogen) atoms. The number of halogens is 1. The van der Waals surface area contributed by atoms with Crippen LogP contribution in [0, 0.1) is 5.82 Å². The van der Waals surface area contributed by atoms with Gasteiger partial charge in [-0.05, 0) is 29.7 Å². The van der Waals surface area contributed by atoms with Crippen LogP contribution in [0.4, 0.5) is 4.39 Å². The highest BCUT2D eigenvalue weighted by Gasteiger charge is 2.14. The molecule has 2 N–H and O–H groups in total. The van der Waals surface area contributed by atoms with E-state index in [1.165, 1.54) is 12.1 Å². The lowest BCUT2D eigenvalue weighted by Crippen LogP contribution is -2.28. The molecule has 0 spiro atoms. The molecule has 2 aromatic carbocycles. The minimum absolute atomic E-state index is 0.0360. The fourth-order valence-electron chi connectivity index (χ4n) is 2.17. The van der Waals surface area contributed by atoms with Crippen LogP contribution in [0.15, 0.2) is 48.5 Å². The van der Waals surface area contributed by atoms with Gasteiger partial charge in [0.2, 0.25) is 0 Å². The van der Waals surface area contributed by atoms with E-state index < -0.39 is 11.9 Å². The van der Waals surface area contributed by atoms with Crippen molar-refractivity contribution in [3.8, 4) is 0 Å². The number of carbonyl (C=O) groups is 1. The Kier molecular flexibility index (Phi) is 5.28. The van der Waals surface area contributed by atoms with Gasteiger partial charge in [0.1, 0.15) is 5.82 Å². The van der Waals surface area contributed by atoms with E-state index in [0.717, 1.165) is 5.56 Å². The lowest BCUT2D eigenvalue weighted by atomic mass is 10.0. The van der Waals surface area contributed by atoms with E-state index in [1.54, 1.807) is 24.3 Å². The van der Waals surface area contributed by atoms with Crippen molar-refractivity contribution in [3.05, 3.63) is 71.0 Å². The van der Waals surface area contributed by atoms with Crippen molar-refractivity contribution in [2.75, 3.05) is 6.54 Å². The molecule has 0 aliphatic heterocycles. The van der Waals surface area contributed by atoms with E-state index in [-0.39, 0.29) is 18.0 Å². The summed E-state index contributed by atoms with van der Waals surface area (Å²) >= 11 is 0. The predicted molar refractivity (Wildman–Crippen MR) is 84.2 cm³/mol. The van der Waals surface area contributed by atoms with Crippen LogP contribution in [-0.2, 0) is 0 Å². The number of benzene rings is 2. The first-order valence-electron chi connectivity index (χ1n) is 7.29. The summed E-state index contributed by atoms with van der Waals surface area (Å²) in [6.45, 7) is 4.13. The predicted octanol–water partition coefficient (Wildman–Crippen LogP) is 3.41. The SMILES string of the molecule is CC(C)c1ccc(C(=O)NCC(O)c2ccccc2F)cc1. The van der Waals surface area contributed by atoms with Crippen LogP contribution in [0.25, 0.3) is 0 Å². The Hall–Kier alpha value is -2.20. The van der Waals surface area contributed by atoms with E-state index in [9.17, 15) is 14.3 Å². The molecule has 0 radical (unpaired) electrons. The standard InChI is InChI=1S/C18H20FNO2/c1-12(2)13-7-9-14(10-8-13)18(22)20-11-17(21)15-5-3-4-6-16(15)19/h3-10,12,17,21H,11H2,1-2H3,(H,20,22). The molecular weight excluding hydrogens is 281 g/mol. The molecule has 1 amide bonds. The Morgan fingerprint density at radius 1 is 1.14 bits per heavy atom. The molecule has 0 aromatic heterocycles. The van der Waals surface area contributed by atoms with E-state index in [4.69, 9.17) is 0 Å². The van der Waals surface area contributed by atoms with Gasteiger partial charge in [-0.25, -0.2) is 4.39 Å². The van der Waals surface area contributed by atoms with Crippen LogP contribution in [0.3, 0.4) is 0 Å². The van der Waals surface area contributed by atoms with E-state index >= 15 is 0 Å². The third-order valence-corrected chi connectivity index (χ3v) is 3.56. The van der Waals surface area contributed by atoms with Crippen LogP contribution in [0.2, 0.25) is 0 Å². The molecule has 1 atom stereocenters. The summed E-state index contributed by atoms with van der Waals surface area (Å²) in [5, 5.41) is 12.6. The van der Waals surface area contributed by atoms with Gasteiger partial charge in [-0.3, -0.25) is 4.79 Å². The first-order chi connectivity index (χ1) is 10.5. The zero-order valence-electron chi connectivity index (χ0n) is 12.7. The van der Waals surface area contributed by atoms with Gasteiger partial charge >= 0.3 is 0 Å². The lowest BCUT2D eigenvalue weighted by Gasteiger charge is -2.13. The van der Waals surface area contributed by atoms with Gasteiger partial charge in [0.15, 0.2) is 0 Å². The highest BCUT2D eigenvalue weighted by atomic mass is 19.1. The molecule has 0 heterocycles. The van der Waals surface area contributed by atoms with E-state index in [0.29, 0.717) is 11.5 Å². The maximum atomic E-state index is 13.5. The fourth-order valence-corrected chi connectivity index (χ4v) is 2.17. The van der Waals surface area contributed by atoms with Crippen molar-refractivity contribution < 1.29 is 14.3 Å². The van der Waals surface area contributed by atoms with Crippen molar-refractivity contribution in [2.24, 2.45) is 0 Å². The number of rotatable bonds is 5. The monoisotopic (exact) mass is 301 g/mol. The Morgan fingerprint density at radius 2 is 1.77 bits per heavy atom. The molecule has 0 saturated carbocycles. The molecule has 2 rings (SSSR count). The second-order valence-corrected chi connectivity index (χ2v) is 5.52. The number of nitrogens with one attached hydrogen (secondary N) is 1. The molecule has 4 heteroatoms. The van der Waals surface area contributed by atoms with Crippen LogP contribution in [-0.4, -0.2) is 17.6 Å². The second kappa shape index (κ2) is 7.18. The molecule has 3 nitrogen and oxygen atoms in total. The van der Waals surface area contributed by atoms with Crippen LogP contribution in [0.5, 0.6) is 0 Å². The fraction of sp³-hybridized carbons (Fsp3) is 0.278. The molecule has 0 saturated heterocycles. The Balaban J connectivity index is 1.96. The highest BCUT2D eigenvalue weighted by molar-refractivity contribution is 5.94. The zero-order valence-corrected chi connectivity index (χ0v) is 12.7. The molecular formula is C18H20FNO2. The minimum atomic E-state index is -1.07. The molecule has 0 bridgehead atoms. The summed E-state index contributed by atoms with van der Waals surface area (Å²) in [6.07, 6.45) is -1.07. The first kappa shape index (κ1) is 16.2. The lowest BCUT2D eigenvalue weighted by molar-refractivity contribution is 0.0914. The highest BCUT2D eigenvalue weighted by Crippen LogP contribution is 2.17. The van der Waals surface area contributed by atoms with Gasteiger partial charge in [-0.2, -0.15) is 0 Å². The molecule has 2 aromatic rings. The summed E-state index contributed by atoms with van der Waals surface area (Å²) in [5.41, 5.74) is 1.85. The van der Waals surface area contributed by atoms with E-state index in [1.807, 2.05) is 12.1 Å². The Bertz CT molecular complexity index is 638. The molecule has 0 aliphatic carbocycles. The second-order valence-electron chi connectivity index (χ2n) is 5.52. The van der Waals surface area contributed by atoms with Crippen LogP contribution >= 0.6 is 0 Å². The number of hydrogen-bond donors (Lipinski definition) is 2. The third-order valence-electron chi connectivity index (χ3n) is 3.56. The largest absolute Gasteiger partial charge is 0.386 e. The van der Waals surface area contributed by atoms with Crippen LogP contribution < -0.4 is 5.32 Å². The normalized spacial score (nSPS) is 12.2. The smallest absolute Gasteiger partial charge is 0.251 e. The van der Waals surface area contributed by atoms with Gasteiger partial charge in [-0.15, -0.1) is 0 Å². The van der Waals surface area contributed by atoms with Crippen molar-refractivity contribution in [1.82, 2.24) is 5.32 Å². The van der Waals surface area contributed by atoms with Gasteiger partial charge in [0, 0.05) is 17.7 Å². The Labute approximate surface area is 129 Å². The third kappa shape index (κ3) is 3.92. The van der Waals surface area contributed by atoms with Crippen molar-refractivity contribution >= 4 is 5.91 Å². The summed E-state index contributed by atoms with van der Waals surface area (Å²) in [4.78, 5) is 12.0.